The van der Waals surface area contributed by atoms with Crippen LogP contribution in [0.2, 0.25) is 0 Å². The molecule has 2 rings (SSSR count). The van der Waals surface area contributed by atoms with Crippen molar-refractivity contribution in [2.24, 2.45) is 5.41 Å². The van der Waals surface area contributed by atoms with Crippen molar-refractivity contribution in [1.29, 1.82) is 0 Å². The fraction of sp³-hybridized carbons (Fsp3) is 0.833. The van der Waals surface area contributed by atoms with E-state index < -0.39 is 5.41 Å². The summed E-state index contributed by atoms with van der Waals surface area (Å²) in [6.45, 7) is 5.62. The molecule has 2 fully saturated rings. The van der Waals surface area contributed by atoms with Gasteiger partial charge >= 0.3 is 0 Å². The zero-order valence-electron chi connectivity index (χ0n) is 10.1. The van der Waals surface area contributed by atoms with E-state index in [-0.39, 0.29) is 17.9 Å². The standard InChI is InChI=1S/C12H20N2O2/c1-3-12(4-2)10(15)14(11(12)16)9-6-5-7-13-8-9/h9,13H,3-8H2,1-2H3. The first-order valence-corrected chi connectivity index (χ1v) is 6.26. The average Bonchev–Trinajstić information content (AvgIpc) is 2.33. The lowest BCUT2D eigenvalue weighted by Crippen LogP contribution is -2.70. The summed E-state index contributed by atoms with van der Waals surface area (Å²) < 4.78 is 0. The van der Waals surface area contributed by atoms with E-state index in [1.54, 1.807) is 0 Å². The van der Waals surface area contributed by atoms with Gasteiger partial charge in [0.05, 0.1) is 6.04 Å². The van der Waals surface area contributed by atoms with Crippen molar-refractivity contribution in [3.05, 3.63) is 0 Å². The van der Waals surface area contributed by atoms with Gasteiger partial charge in [-0.2, -0.15) is 0 Å². The number of β-lactam (4-membered cyclic amide) rings is 2. The Morgan fingerprint density at radius 1 is 1.31 bits per heavy atom. The molecule has 0 saturated carbocycles. The molecule has 4 nitrogen and oxygen atoms in total. The van der Waals surface area contributed by atoms with Crippen molar-refractivity contribution >= 4 is 11.8 Å². The lowest BCUT2D eigenvalue weighted by molar-refractivity contribution is -0.181. The first kappa shape index (κ1) is 11.6. The Bertz CT molecular complexity index is 286. The number of hydrogen-bond acceptors (Lipinski definition) is 3. The third-order valence-corrected chi connectivity index (χ3v) is 4.10. The van der Waals surface area contributed by atoms with E-state index in [4.69, 9.17) is 0 Å². The maximum absolute atomic E-state index is 12.1. The Balaban J connectivity index is 2.10. The van der Waals surface area contributed by atoms with Crippen LogP contribution >= 0.6 is 0 Å². The van der Waals surface area contributed by atoms with Crippen LogP contribution in [0, 0.1) is 5.41 Å². The van der Waals surface area contributed by atoms with Crippen molar-refractivity contribution in [2.45, 2.75) is 45.6 Å². The van der Waals surface area contributed by atoms with Gasteiger partial charge in [-0.25, -0.2) is 0 Å². The van der Waals surface area contributed by atoms with E-state index in [0.29, 0.717) is 12.8 Å². The molecule has 0 aromatic rings. The van der Waals surface area contributed by atoms with Crippen LogP contribution in [0.25, 0.3) is 0 Å². The van der Waals surface area contributed by atoms with Crippen molar-refractivity contribution in [3.63, 3.8) is 0 Å². The van der Waals surface area contributed by atoms with E-state index in [2.05, 4.69) is 5.32 Å². The maximum Gasteiger partial charge on any atom is 0.245 e. The second kappa shape index (κ2) is 4.17. The van der Waals surface area contributed by atoms with Gasteiger partial charge in [0, 0.05) is 6.54 Å². The lowest BCUT2D eigenvalue weighted by atomic mass is 9.72. The largest absolute Gasteiger partial charge is 0.315 e. The summed E-state index contributed by atoms with van der Waals surface area (Å²) >= 11 is 0. The molecule has 2 amide bonds. The molecule has 0 spiro atoms. The van der Waals surface area contributed by atoms with Gasteiger partial charge in [-0.05, 0) is 32.2 Å². The molecule has 2 saturated heterocycles. The van der Waals surface area contributed by atoms with Crippen molar-refractivity contribution < 1.29 is 9.59 Å². The van der Waals surface area contributed by atoms with E-state index in [1.807, 2.05) is 13.8 Å². The number of amides is 2. The Morgan fingerprint density at radius 3 is 2.38 bits per heavy atom. The number of piperidine rings is 1. The molecule has 4 heteroatoms. The molecule has 2 aliphatic heterocycles. The van der Waals surface area contributed by atoms with Crippen LogP contribution in [0.1, 0.15) is 39.5 Å². The molecular formula is C12H20N2O2. The van der Waals surface area contributed by atoms with Crippen LogP contribution in [-0.2, 0) is 9.59 Å². The summed E-state index contributed by atoms with van der Waals surface area (Å²) in [7, 11) is 0. The Hall–Kier alpha value is -0.900. The number of nitrogens with one attached hydrogen (secondary N) is 1. The van der Waals surface area contributed by atoms with Crippen LogP contribution in [-0.4, -0.2) is 35.8 Å². The Morgan fingerprint density at radius 2 is 1.94 bits per heavy atom. The summed E-state index contributed by atoms with van der Waals surface area (Å²) in [6.07, 6.45) is 3.27. The van der Waals surface area contributed by atoms with Crippen LogP contribution in [0.5, 0.6) is 0 Å². The van der Waals surface area contributed by atoms with Gasteiger partial charge in [0.15, 0.2) is 0 Å². The Labute approximate surface area is 96.4 Å². The summed E-state index contributed by atoms with van der Waals surface area (Å²) in [5, 5.41) is 3.24. The summed E-state index contributed by atoms with van der Waals surface area (Å²) in [5.41, 5.74) is -0.683. The fourth-order valence-electron chi connectivity index (χ4n) is 2.83. The molecule has 0 aromatic heterocycles. The number of likely N-dealkylation sites (tertiary alicyclic amines) is 1. The highest BCUT2D eigenvalue weighted by atomic mass is 16.2. The van der Waals surface area contributed by atoms with Crippen LogP contribution in [0.4, 0.5) is 0 Å². The smallest absolute Gasteiger partial charge is 0.245 e. The minimum Gasteiger partial charge on any atom is -0.315 e. The number of carbonyl (C=O) groups excluding carboxylic acids is 2. The molecule has 2 aliphatic rings. The number of hydrogen-bond donors (Lipinski definition) is 1. The number of carbonyl (C=O) groups is 2. The van der Waals surface area contributed by atoms with Crippen molar-refractivity contribution in [2.75, 3.05) is 13.1 Å². The summed E-state index contributed by atoms with van der Waals surface area (Å²) in [4.78, 5) is 25.8. The highest BCUT2D eigenvalue weighted by molar-refractivity contribution is 6.21. The predicted octanol–water partition coefficient (Wildman–Crippen LogP) is 0.914. The van der Waals surface area contributed by atoms with Gasteiger partial charge in [-0.1, -0.05) is 13.8 Å². The maximum atomic E-state index is 12.1. The summed E-state index contributed by atoms with van der Waals surface area (Å²) in [6, 6.07) is 0.0972. The van der Waals surface area contributed by atoms with E-state index in [1.165, 1.54) is 4.90 Å². The molecule has 1 N–H and O–H groups in total. The topological polar surface area (TPSA) is 49.4 Å². The minimum absolute atomic E-state index is 0.0520. The molecule has 0 aliphatic carbocycles. The van der Waals surface area contributed by atoms with Crippen molar-refractivity contribution in [1.82, 2.24) is 10.2 Å². The van der Waals surface area contributed by atoms with Crippen LogP contribution in [0.15, 0.2) is 0 Å². The number of imide groups is 1. The van der Waals surface area contributed by atoms with E-state index in [0.717, 1.165) is 25.9 Å². The highest BCUT2D eigenvalue weighted by Crippen LogP contribution is 2.41. The average molecular weight is 224 g/mol. The molecule has 1 unspecified atom stereocenters. The van der Waals surface area contributed by atoms with Gasteiger partial charge in [0.2, 0.25) is 11.8 Å². The first-order chi connectivity index (χ1) is 7.67. The normalized spacial score (nSPS) is 29.1. The second-order valence-corrected chi connectivity index (χ2v) is 4.77. The van der Waals surface area contributed by atoms with Gasteiger partial charge in [0.25, 0.3) is 0 Å². The van der Waals surface area contributed by atoms with Gasteiger partial charge in [-0.3, -0.25) is 14.5 Å². The molecule has 0 radical (unpaired) electrons. The zero-order chi connectivity index (χ0) is 11.8. The lowest BCUT2D eigenvalue weighted by Gasteiger charge is -2.50. The minimum atomic E-state index is -0.683. The third kappa shape index (κ3) is 1.39. The van der Waals surface area contributed by atoms with E-state index in [9.17, 15) is 9.59 Å². The molecule has 0 aromatic carbocycles. The summed E-state index contributed by atoms with van der Waals surface area (Å²) in [5.74, 6) is 0.104. The third-order valence-electron chi connectivity index (χ3n) is 4.10. The van der Waals surface area contributed by atoms with Gasteiger partial charge in [0.1, 0.15) is 5.41 Å². The van der Waals surface area contributed by atoms with Crippen molar-refractivity contribution in [3.8, 4) is 0 Å². The zero-order valence-corrected chi connectivity index (χ0v) is 10.1. The van der Waals surface area contributed by atoms with Gasteiger partial charge < -0.3 is 5.32 Å². The van der Waals surface area contributed by atoms with Crippen LogP contribution < -0.4 is 5.32 Å². The number of nitrogens with zero attached hydrogens (tertiary/aromatic N) is 1. The molecule has 90 valence electrons. The monoisotopic (exact) mass is 224 g/mol. The second-order valence-electron chi connectivity index (χ2n) is 4.77. The number of rotatable bonds is 3. The Kier molecular flexibility index (Phi) is 3.02. The molecule has 16 heavy (non-hydrogen) atoms. The first-order valence-electron chi connectivity index (χ1n) is 6.26. The van der Waals surface area contributed by atoms with E-state index >= 15 is 0 Å². The molecule has 1 atom stereocenters. The van der Waals surface area contributed by atoms with Crippen LogP contribution in [0.3, 0.4) is 0 Å². The quantitative estimate of drug-likeness (QED) is 0.572. The molecule has 0 bridgehead atoms. The fourth-order valence-corrected chi connectivity index (χ4v) is 2.83. The molecule has 2 heterocycles. The molecular weight excluding hydrogens is 204 g/mol. The SMILES string of the molecule is CCC1(CC)C(=O)N(C2CCCNC2)C1=O. The predicted molar refractivity (Wildman–Crippen MR) is 60.8 cm³/mol. The highest BCUT2D eigenvalue weighted by Gasteiger charge is 2.60. The van der Waals surface area contributed by atoms with Gasteiger partial charge in [-0.15, -0.1) is 0 Å².